The Morgan fingerprint density at radius 3 is 2.83 bits per heavy atom. The molecule has 6 nitrogen and oxygen atoms in total. The third kappa shape index (κ3) is 3.83. The number of nitrogens with one attached hydrogen (secondary N) is 1. The van der Waals surface area contributed by atoms with Gasteiger partial charge in [0.15, 0.2) is 11.5 Å². The van der Waals surface area contributed by atoms with Gasteiger partial charge in [-0.25, -0.2) is 4.98 Å². The van der Waals surface area contributed by atoms with Crippen molar-refractivity contribution in [1.82, 2.24) is 9.97 Å². The molecule has 23 heavy (non-hydrogen) atoms. The van der Waals surface area contributed by atoms with Gasteiger partial charge < -0.3 is 19.7 Å². The summed E-state index contributed by atoms with van der Waals surface area (Å²) in [6, 6.07) is 7.66. The molecule has 0 unspecified atom stereocenters. The van der Waals surface area contributed by atoms with E-state index in [9.17, 15) is 0 Å². The standard InChI is InChI=1S/C17H22N4O2/c1-3-4-9-21(2)16-7-8-18-17(20-16)19-13-5-6-14-15(12-13)23-11-10-22-14/h5-8,12H,3-4,9-11H2,1-2H3,(H,18,19,20). The number of nitrogens with zero attached hydrogens (tertiary/aromatic N) is 3. The van der Waals surface area contributed by atoms with Gasteiger partial charge in [0, 0.05) is 31.5 Å². The molecule has 1 aliphatic rings. The first-order valence-electron chi connectivity index (χ1n) is 7.97. The van der Waals surface area contributed by atoms with Crippen LogP contribution in [0.5, 0.6) is 11.5 Å². The largest absolute Gasteiger partial charge is 0.486 e. The molecule has 1 N–H and O–H groups in total. The Morgan fingerprint density at radius 2 is 2.00 bits per heavy atom. The summed E-state index contributed by atoms with van der Waals surface area (Å²) in [7, 11) is 2.05. The van der Waals surface area contributed by atoms with E-state index in [1.165, 1.54) is 0 Å². The Morgan fingerprint density at radius 1 is 1.17 bits per heavy atom. The first-order chi connectivity index (χ1) is 11.3. The highest BCUT2D eigenvalue weighted by Crippen LogP contribution is 2.33. The third-order valence-electron chi connectivity index (χ3n) is 3.68. The fourth-order valence-electron chi connectivity index (χ4n) is 2.38. The van der Waals surface area contributed by atoms with E-state index < -0.39 is 0 Å². The average molecular weight is 314 g/mol. The van der Waals surface area contributed by atoms with Crippen LogP contribution in [0.4, 0.5) is 17.5 Å². The molecule has 0 bridgehead atoms. The van der Waals surface area contributed by atoms with Crippen LogP contribution in [0.25, 0.3) is 0 Å². The molecule has 0 amide bonds. The summed E-state index contributed by atoms with van der Waals surface area (Å²) >= 11 is 0. The minimum Gasteiger partial charge on any atom is -0.486 e. The lowest BCUT2D eigenvalue weighted by Gasteiger charge is -2.20. The van der Waals surface area contributed by atoms with Crippen molar-refractivity contribution < 1.29 is 9.47 Å². The molecule has 1 aromatic carbocycles. The van der Waals surface area contributed by atoms with E-state index in [1.54, 1.807) is 6.20 Å². The smallest absolute Gasteiger partial charge is 0.229 e. The SMILES string of the molecule is CCCCN(C)c1ccnc(Nc2ccc3c(c2)OCCO3)n1. The fraction of sp³-hybridized carbons (Fsp3) is 0.412. The monoisotopic (exact) mass is 314 g/mol. The molecule has 0 saturated heterocycles. The molecule has 1 aromatic heterocycles. The topological polar surface area (TPSA) is 59.5 Å². The normalized spacial score (nSPS) is 12.8. The highest BCUT2D eigenvalue weighted by Gasteiger charge is 2.12. The molecular weight excluding hydrogens is 292 g/mol. The molecule has 2 aromatic rings. The summed E-state index contributed by atoms with van der Waals surface area (Å²) in [5, 5.41) is 3.22. The average Bonchev–Trinajstić information content (AvgIpc) is 2.60. The lowest BCUT2D eigenvalue weighted by Crippen LogP contribution is -2.20. The van der Waals surface area contributed by atoms with Gasteiger partial charge in [-0.2, -0.15) is 4.98 Å². The minimum absolute atomic E-state index is 0.572. The van der Waals surface area contributed by atoms with Gasteiger partial charge >= 0.3 is 0 Å². The van der Waals surface area contributed by atoms with Gasteiger partial charge in [-0.1, -0.05) is 13.3 Å². The van der Waals surface area contributed by atoms with Crippen molar-refractivity contribution in [2.45, 2.75) is 19.8 Å². The predicted molar refractivity (Wildman–Crippen MR) is 90.9 cm³/mol. The maximum Gasteiger partial charge on any atom is 0.229 e. The molecule has 0 aliphatic carbocycles. The lowest BCUT2D eigenvalue weighted by atomic mass is 10.2. The van der Waals surface area contributed by atoms with Crippen molar-refractivity contribution >= 4 is 17.5 Å². The van der Waals surface area contributed by atoms with Gasteiger partial charge in [0.05, 0.1) is 0 Å². The molecule has 0 spiro atoms. The zero-order chi connectivity index (χ0) is 16.1. The van der Waals surface area contributed by atoms with Crippen LogP contribution in [0, 0.1) is 0 Å². The fourth-order valence-corrected chi connectivity index (χ4v) is 2.38. The molecular formula is C17H22N4O2. The highest BCUT2D eigenvalue weighted by molar-refractivity contribution is 5.60. The second kappa shape index (κ2) is 7.17. The molecule has 0 atom stereocenters. The van der Waals surface area contributed by atoms with Crippen molar-refractivity contribution in [2.24, 2.45) is 0 Å². The van der Waals surface area contributed by atoms with E-state index in [0.717, 1.165) is 42.4 Å². The number of unbranched alkanes of at least 4 members (excludes halogenated alkanes) is 1. The summed E-state index contributed by atoms with van der Waals surface area (Å²) in [5.74, 6) is 3.00. The van der Waals surface area contributed by atoms with E-state index in [-0.39, 0.29) is 0 Å². The van der Waals surface area contributed by atoms with Crippen molar-refractivity contribution in [1.29, 1.82) is 0 Å². The van der Waals surface area contributed by atoms with Gasteiger partial charge in [0.2, 0.25) is 5.95 Å². The van der Waals surface area contributed by atoms with Crippen LogP contribution in [-0.2, 0) is 0 Å². The van der Waals surface area contributed by atoms with Gasteiger partial charge in [0.1, 0.15) is 19.0 Å². The summed E-state index contributed by atoms with van der Waals surface area (Å²) in [5.41, 5.74) is 0.877. The summed E-state index contributed by atoms with van der Waals surface area (Å²) in [4.78, 5) is 11.0. The number of fused-ring (bicyclic) bond motifs is 1. The van der Waals surface area contributed by atoms with Crippen LogP contribution in [0.2, 0.25) is 0 Å². The Bertz CT molecular complexity index is 663. The molecule has 0 saturated carbocycles. The van der Waals surface area contributed by atoms with Gasteiger partial charge in [0.25, 0.3) is 0 Å². The zero-order valence-corrected chi connectivity index (χ0v) is 13.6. The second-order valence-electron chi connectivity index (χ2n) is 5.50. The lowest BCUT2D eigenvalue weighted by molar-refractivity contribution is 0.171. The van der Waals surface area contributed by atoms with Crippen molar-refractivity contribution in [3.63, 3.8) is 0 Å². The summed E-state index contributed by atoms with van der Waals surface area (Å²) < 4.78 is 11.1. The van der Waals surface area contributed by atoms with E-state index in [1.807, 2.05) is 31.3 Å². The van der Waals surface area contributed by atoms with Crippen LogP contribution in [-0.4, -0.2) is 36.8 Å². The number of rotatable bonds is 6. The van der Waals surface area contributed by atoms with Crippen LogP contribution in [0.1, 0.15) is 19.8 Å². The molecule has 6 heteroatoms. The third-order valence-corrected chi connectivity index (χ3v) is 3.68. The van der Waals surface area contributed by atoms with Crippen LogP contribution < -0.4 is 19.7 Å². The quantitative estimate of drug-likeness (QED) is 0.883. The first kappa shape index (κ1) is 15.4. The van der Waals surface area contributed by atoms with E-state index in [0.29, 0.717) is 19.2 Å². The molecule has 1 aliphatic heterocycles. The molecule has 0 radical (unpaired) electrons. The van der Waals surface area contributed by atoms with E-state index >= 15 is 0 Å². The number of hydrogen-bond donors (Lipinski definition) is 1. The maximum atomic E-state index is 5.59. The Kier molecular flexibility index (Phi) is 4.80. The van der Waals surface area contributed by atoms with Crippen LogP contribution >= 0.6 is 0 Å². The molecule has 0 fully saturated rings. The number of ether oxygens (including phenoxy) is 2. The van der Waals surface area contributed by atoms with Crippen molar-refractivity contribution in [3.05, 3.63) is 30.5 Å². The van der Waals surface area contributed by atoms with Gasteiger partial charge in [-0.3, -0.25) is 0 Å². The number of anilines is 3. The number of benzene rings is 1. The summed E-state index contributed by atoms with van der Waals surface area (Å²) in [6.07, 6.45) is 4.08. The van der Waals surface area contributed by atoms with Gasteiger partial charge in [-0.05, 0) is 24.6 Å². The molecule has 3 rings (SSSR count). The van der Waals surface area contributed by atoms with Gasteiger partial charge in [-0.15, -0.1) is 0 Å². The first-order valence-corrected chi connectivity index (χ1v) is 7.97. The molecule has 122 valence electrons. The van der Waals surface area contributed by atoms with Crippen LogP contribution in [0.15, 0.2) is 30.5 Å². The maximum absolute atomic E-state index is 5.59. The Balaban J connectivity index is 1.72. The van der Waals surface area contributed by atoms with Crippen molar-refractivity contribution in [2.75, 3.05) is 37.0 Å². The Labute approximate surface area is 136 Å². The van der Waals surface area contributed by atoms with Crippen molar-refractivity contribution in [3.8, 4) is 11.5 Å². The predicted octanol–water partition coefficient (Wildman–Crippen LogP) is 3.23. The Hall–Kier alpha value is -2.50. The van der Waals surface area contributed by atoms with E-state index in [2.05, 4.69) is 27.1 Å². The zero-order valence-electron chi connectivity index (χ0n) is 13.6. The number of aromatic nitrogens is 2. The van der Waals surface area contributed by atoms with Crippen LogP contribution in [0.3, 0.4) is 0 Å². The molecule has 2 heterocycles. The second-order valence-corrected chi connectivity index (χ2v) is 5.50. The number of hydrogen-bond acceptors (Lipinski definition) is 6. The minimum atomic E-state index is 0.572. The van der Waals surface area contributed by atoms with E-state index in [4.69, 9.17) is 9.47 Å². The highest BCUT2D eigenvalue weighted by atomic mass is 16.6. The summed E-state index contributed by atoms with van der Waals surface area (Å²) in [6.45, 7) is 4.33.